The molecule has 2 N–H and O–H groups in total. The molecular formula is C24H18N4O5. The highest BCUT2D eigenvalue weighted by molar-refractivity contribution is 6.10. The molecule has 0 radical (unpaired) electrons. The van der Waals surface area contributed by atoms with Crippen LogP contribution < -0.4 is 10.6 Å². The molecule has 0 aliphatic heterocycles. The van der Waals surface area contributed by atoms with Crippen LogP contribution in [0.2, 0.25) is 0 Å². The smallest absolute Gasteiger partial charge is 0.300 e. The second-order valence-electron chi connectivity index (χ2n) is 7.34. The van der Waals surface area contributed by atoms with E-state index in [1.807, 2.05) is 19.1 Å². The molecule has 0 aromatic heterocycles. The lowest BCUT2D eigenvalue weighted by molar-refractivity contribution is -0.392. The van der Waals surface area contributed by atoms with Gasteiger partial charge in [-0.05, 0) is 37.3 Å². The van der Waals surface area contributed by atoms with Crippen LogP contribution in [0.25, 0.3) is 10.8 Å². The molecule has 1 amide bonds. The van der Waals surface area contributed by atoms with Gasteiger partial charge in [0.05, 0.1) is 32.6 Å². The molecule has 0 spiro atoms. The SMILES string of the molecule is Cc1ccc(NC(=O)c2ccccc2Nc2c([N+](=O)[O-])cc([N+](=O)[O-])c3ccccc23)cc1. The minimum atomic E-state index is -0.684. The van der Waals surface area contributed by atoms with Gasteiger partial charge in [0.25, 0.3) is 17.3 Å². The molecule has 9 heteroatoms. The standard InChI is InChI=1S/C24H18N4O5/c1-15-10-12-16(13-11-15)25-24(29)19-8-4-5-9-20(19)26-23-18-7-3-2-6-17(18)21(27(30)31)14-22(23)28(32)33/h2-14,26H,1H3,(H,25,29). The van der Waals surface area contributed by atoms with Gasteiger partial charge in [-0.25, -0.2) is 0 Å². The summed E-state index contributed by atoms with van der Waals surface area (Å²) in [6.07, 6.45) is 0. The van der Waals surface area contributed by atoms with Gasteiger partial charge >= 0.3 is 0 Å². The normalized spacial score (nSPS) is 10.6. The molecule has 0 saturated carbocycles. The number of para-hydroxylation sites is 1. The number of amides is 1. The van der Waals surface area contributed by atoms with Crippen LogP contribution in [0.3, 0.4) is 0 Å². The zero-order valence-corrected chi connectivity index (χ0v) is 17.4. The topological polar surface area (TPSA) is 127 Å². The number of rotatable bonds is 6. The van der Waals surface area contributed by atoms with E-state index in [0.717, 1.165) is 11.6 Å². The number of carbonyl (C=O) groups excluding carboxylic acids is 1. The van der Waals surface area contributed by atoms with E-state index in [4.69, 9.17) is 0 Å². The van der Waals surface area contributed by atoms with Crippen molar-refractivity contribution >= 4 is 45.1 Å². The molecule has 4 aromatic carbocycles. The van der Waals surface area contributed by atoms with Gasteiger partial charge < -0.3 is 10.6 Å². The van der Waals surface area contributed by atoms with Crippen molar-refractivity contribution in [3.05, 3.63) is 110 Å². The highest BCUT2D eigenvalue weighted by Gasteiger charge is 2.26. The number of nitrogens with zero attached hydrogens (tertiary/aromatic N) is 2. The summed E-state index contributed by atoms with van der Waals surface area (Å²) in [4.78, 5) is 34.9. The number of nitro groups is 2. The highest BCUT2D eigenvalue weighted by atomic mass is 16.6. The Bertz CT molecular complexity index is 1400. The monoisotopic (exact) mass is 442 g/mol. The minimum absolute atomic E-state index is 0.0665. The number of nitrogens with one attached hydrogen (secondary N) is 2. The van der Waals surface area contributed by atoms with Crippen LogP contribution in [0.1, 0.15) is 15.9 Å². The number of hydrogen-bond donors (Lipinski definition) is 2. The Balaban J connectivity index is 1.80. The van der Waals surface area contributed by atoms with Gasteiger partial charge in [-0.1, -0.05) is 48.0 Å². The zero-order chi connectivity index (χ0) is 23.5. The number of non-ortho nitro benzene ring substituents is 1. The number of carbonyl (C=O) groups is 1. The summed E-state index contributed by atoms with van der Waals surface area (Å²) in [5, 5.41) is 29.6. The van der Waals surface area contributed by atoms with E-state index < -0.39 is 21.4 Å². The third kappa shape index (κ3) is 4.33. The van der Waals surface area contributed by atoms with Gasteiger partial charge in [0, 0.05) is 11.1 Å². The van der Waals surface area contributed by atoms with E-state index >= 15 is 0 Å². The van der Waals surface area contributed by atoms with Crippen molar-refractivity contribution in [3.8, 4) is 0 Å². The predicted octanol–water partition coefficient (Wildman–Crippen LogP) is 5.96. The van der Waals surface area contributed by atoms with Crippen LogP contribution in [0.4, 0.5) is 28.4 Å². The Morgan fingerprint density at radius 2 is 1.39 bits per heavy atom. The quantitative estimate of drug-likeness (QED) is 0.280. The van der Waals surface area contributed by atoms with Crippen molar-refractivity contribution in [2.45, 2.75) is 6.92 Å². The van der Waals surface area contributed by atoms with Crippen LogP contribution in [-0.2, 0) is 0 Å². The highest BCUT2D eigenvalue weighted by Crippen LogP contribution is 2.41. The Morgan fingerprint density at radius 3 is 2.06 bits per heavy atom. The van der Waals surface area contributed by atoms with E-state index in [1.54, 1.807) is 54.6 Å². The second kappa shape index (κ2) is 8.75. The second-order valence-corrected chi connectivity index (χ2v) is 7.34. The third-order valence-corrected chi connectivity index (χ3v) is 5.14. The summed E-state index contributed by atoms with van der Waals surface area (Å²) < 4.78 is 0. The fourth-order valence-corrected chi connectivity index (χ4v) is 3.53. The first-order valence-corrected chi connectivity index (χ1v) is 9.94. The van der Waals surface area contributed by atoms with E-state index in [0.29, 0.717) is 16.8 Å². The summed E-state index contributed by atoms with van der Waals surface area (Å²) in [6, 6.07) is 21.1. The molecule has 164 valence electrons. The molecule has 0 atom stereocenters. The Morgan fingerprint density at radius 1 is 0.788 bits per heavy atom. The number of benzene rings is 4. The van der Waals surface area contributed by atoms with Gasteiger partial charge in [-0.15, -0.1) is 0 Å². The Hall–Kier alpha value is -4.79. The molecule has 0 saturated heterocycles. The molecule has 0 unspecified atom stereocenters. The number of aryl methyl sites for hydroxylation is 1. The predicted molar refractivity (Wildman–Crippen MR) is 126 cm³/mol. The lowest BCUT2D eigenvalue weighted by atomic mass is 10.0. The Labute approximate surface area is 188 Å². The maximum atomic E-state index is 13.0. The summed E-state index contributed by atoms with van der Waals surface area (Å²) in [6.45, 7) is 1.94. The lowest BCUT2D eigenvalue weighted by Gasteiger charge is -2.14. The maximum Gasteiger partial charge on any atom is 0.300 e. The molecule has 0 aliphatic rings. The average Bonchev–Trinajstić information content (AvgIpc) is 2.80. The summed E-state index contributed by atoms with van der Waals surface area (Å²) in [7, 11) is 0. The molecular weight excluding hydrogens is 424 g/mol. The fourth-order valence-electron chi connectivity index (χ4n) is 3.53. The first-order valence-electron chi connectivity index (χ1n) is 9.94. The maximum absolute atomic E-state index is 13.0. The van der Waals surface area contributed by atoms with Gasteiger partial charge in [0.2, 0.25) is 0 Å². The molecule has 9 nitrogen and oxygen atoms in total. The molecule has 0 aliphatic carbocycles. The van der Waals surface area contributed by atoms with Crippen molar-refractivity contribution < 1.29 is 14.6 Å². The van der Waals surface area contributed by atoms with Gasteiger partial charge in [-0.3, -0.25) is 25.0 Å². The first kappa shape index (κ1) is 21.4. The molecule has 0 heterocycles. The zero-order valence-electron chi connectivity index (χ0n) is 17.4. The number of fused-ring (bicyclic) bond motifs is 1. The molecule has 4 rings (SSSR count). The molecule has 33 heavy (non-hydrogen) atoms. The van der Waals surface area contributed by atoms with E-state index in [-0.39, 0.29) is 22.3 Å². The van der Waals surface area contributed by atoms with E-state index in [1.165, 1.54) is 6.07 Å². The number of nitro benzene ring substituents is 2. The van der Waals surface area contributed by atoms with Crippen LogP contribution in [-0.4, -0.2) is 15.8 Å². The summed E-state index contributed by atoms with van der Waals surface area (Å²) in [5.41, 5.74) is 1.47. The third-order valence-electron chi connectivity index (χ3n) is 5.14. The Kier molecular flexibility index (Phi) is 5.69. The van der Waals surface area contributed by atoms with Crippen molar-refractivity contribution in [2.75, 3.05) is 10.6 Å². The largest absolute Gasteiger partial charge is 0.349 e. The van der Waals surface area contributed by atoms with Crippen LogP contribution in [0.5, 0.6) is 0 Å². The summed E-state index contributed by atoms with van der Waals surface area (Å²) in [5.74, 6) is -0.407. The molecule has 4 aromatic rings. The van der Waals surface area contributed by atoms with Crippen LogP contribution >= 0.6 is 0 Å². The van der Waals surface area contributed by atoms with Crippen LogP contribution in [0, 0.1) is 27.2 Å². The van der Waals surface area contributed by atoms with E-state index in [2.05, 4.69) is 10.6 Å². The van der Waals surface area contributed by atoms with Gasteiger partial charge in [0.1, 0.15) is 5.69 Å². The number of hydrogen-bond acceptors (Lipinski definition) is 6. The first-order chi connectivity index (χ1) is 15.8. The lowest BCUT2D eigenvalue weighted by Crippen LogP contribution is -2.14. The molecule has 0 bridgehead atoms. The number of anilines is 3. The average molecular weight is 442 g/mol. The van der Waals surface area contributed by atoms with Crippen LogP contribution in [0.15, 0.2) is 78.9 Å². The van der Waals surface area contributed by atoms with Crippen molar-refractivity contribution in [1.29, 1.82) is 0 Å². The summed E-state index contributed by atoms with van der Waals surface area (Å²) >= 11 is 0. The van der Waals surface area contributed by atoms with Crippen molar-refractivity contribution in [1.82, 2.24) is 0 Å². The van der Waals surface area contributed by atoms with Crippen molar-refractivity contribution in [3.63, 3.8) is 0 Å². The van der Waals surface area contributed by atoms with Gasteiger partial charge in [0.15, 0.2) is 0 Å². The van der Waals surface area contributed by atoms with E-state index in [9.17, 15) is 25.0 Å². The van der Waals surface area contributed by atoms with Gasteiger partial charge in [-0.2, -0.15) is 0 Å². The van der Waals surface area contributed by atoms with Crippen molar-refractivity contribution in [2.24, 2.45) is 0 Å². The molecule has 0 fully saturated rings. The fraction of sp³-hybridized carbons (Fsp3) is 0.0417. The minimum Gasteiger partial charge on any atom is -0.349 e.